The van der Waals surface area contributed by atoms with E-state index in [1.54, 1.807) is 23.6 Å². The molecule has 6 heteroatoms. The first-order valence-electron chi connectivity index (χ1n) is 4.01. The molecule has 4 N–H and O–H groups in total. The highest BCUT2D eigenvalue weighted by Gasteiger charge is 2.02. The molecule has 2 aromatic rings. The summed E-state index contributed by atoms with van der Waals surface area (Å²) in [5.74, 6) is 0.598. The van der Waals surface area contributed by atoms with E-state index in [-0.39, 0.29) is 5.95 Å². The molecule has 0 aromatic carbocycles. The number of anilines is 2. The lowest BCUT2D eigenvalue weighted by molar-refractivity contribution is 1.03. The zero-order valence-corrected chi connectivity index (χ0v) is 8.16. The lowest BCUT2D eigenvalue weighted by Crippen LogP contribution is -2.03. The van der Waals surface area contributed by atoms with Crippen LogP contribution in [0, 0.1) is 0 Å². The van der Waals surface area contributed by atoms with E-state index in [2.05, 4.69) is 15.0 Å². The normalized spacial score (nSPS) is 10.3. The van der Waals surface area contributed by atoms with Gasteiger partial charge in [0.25, 0.3) is 0 Å². The second-order valence-corrected chi connectivity index (χ2v) is 3.72. The van der Waals surface area contributed by atoms with E-state index in [1.165, 1.54) is 0 Å². The summed E-state index contributed by atoms with van der Waals surface area (Å²) in [7, 11) is 0. The molecule has 0 aliphatic heterocycles. The van der Waals surface area contributed by atoms with Gasteiger partial charge in [0.15, 0.2) is 0 Å². The average molecular weight is 207 g/mol. The second kappa shape index (κ2) is 3.59. The maximum atomic E-state index is 5.54. The molecule has 0 radical (unpaired) electrons. The number of thiazole rings is 1. The highest BCUT2D eigenvalue weighted by molar-refractivity contribution is 7.09. The number of hydrogen-bond acceptors (Lipinski definition) is 6. The third-order valence-electron chi connectivity index (χ3n) is 1.63. The third-order valence-corrected chi connectivity index (χ3v) is 2.41. The molecule has 0 saturated carbocycles. The molecule has 2 heterocycles. The molecular weight excluding hydrogens is 198 g/mol. The van der Waals surface area contributed by atoms with Gasteiger partial charge in [-0.2, -0.15) is 4.98 Å². The van der Waals surface area contributed by atoms with E-state index in [1.807, 2.05) is 5.38 Å². The number of aromatic nitrogens is 3. The Morgan fingerprint density at radius 2 is 2.14 bits per heavy atom. The van der Waals surface area contributed by atoms with Crippen LogP contribution in [0.5, 0.6) is 0 Å². The molecule has 5 nitrogen and oxygen atoms in total. The standard InChI is InChI=1S/C8H9N5S/c9-6-3-5(12-8(10)13-6)4-7-11-1-2-14-7/h1-3H,4H2,(H4,9,10,12,13). The van der Waals surface area contributed by atoms with Crippen LogP contribution in [0.15, 0.2) is 17.6 Å². The van der Waals surface area contributed by atoms with Gasteiger partial charge in [0.05, 0.1) is 10.7 Å². The molecule has 2 aromatic heterocycles. The van der Waals surface area contributed by atoms with Gasteiger partial charge in [0, 0.05) is 24.1 Å². The van der Waals surface area contributed by atoms with E-state index in [4.69, 9.17) is 11.5 Å². The van der Waals surface area contributed by atoms with Gasteiger partial charge in [-0.1, -0.05) is 0 Å². The molecule has 0 aliphatic rings. The number of nitrogen functional groups attached to an aromatic ring is 2. The van der Waals surface area contributed by atoms with Gasteiger partial charge in [-0.25, -0.2) is 9.97 Å². The van der Waals surface area contributed by atoms with Gasteiger partial charge >= 0.3 is 0 Å². The molecule has 0 saturated heterocycles. The molecule has 0 unspecified atom stereocenters. The number of nitrogens with two attached hydrogens (primary N) is 2. The van der Waals surface area contributed by atoms with Crippen LogP contribution >= 0.6 is 11.3 Å². The lowest BCUT2D eigenvalue weighted by Gasteiger charge is -2.00. The van der Waals surface area contributed by atoms with Crippen molar-refractivity contribution >= 4 is 23.1 Å². The molecule has 72 valence electrons. The van der Waals surface area contributed by atoms with Crippen molar-refractivity contribution in [2.45, 2.75) is 6.42 Å². The number of rotatable bonds is 2. The fourth-order valence-electron chi connectivity index (χ4n) is 1.13. The van der Waals surface area contributed by atoms with Crippen LogP contribution in [0.2, 0.25) is 0 Å². The Hall–Kier alpha value is -1.69. The Kier molecular flexibility index (Phi) is 2.28. The van der Waals surface area contributed by atoms with Crippen molar-refractivity contribution in [3.63, 3.8) is 0 Å². The minimum absolute atomic E-state index is 0.205. The van der Waals surface area contributed by atoms with Crippen LogP contribution in [0.1, 0.15) is 10.7 Å². The van der Waals surface area contributed by atoms with E-state index in [0.29, 0.717) is 12.2 Å². The van der Waals surface area contributed by atoms with E-state index >= 15 is 0 Å². The van der Waals surface area contributed by atoms with Crippen molar-refractivity contribution in [1.82, 2.24) is 15.0 Å². The molecule has 0 spiro atoms. The smallest absolute Gasteiger partial charge is 0.222 e. The van der Waals surface area contributed by atoms with Crippen LogP contribution < -0.4 is 11.5 Å². The number of nitrogens with zero attached hydrogens (tertiary/aromatic N) is 3. The predicted octanol–water partition coefficient (Wildman–Crippen LogP) is 0.688. The predicted molar refractivity (Wildman–Crippen MR) is 55.8 cm³/mol. The van der Waals surface area contributed by atoms with Crippen molar-refractivity contribution in [2.75, 3.05) is 11.5 Å². The molecule has 0 atom stereocenters. The third kappa shape index (κ3) is 1.97. The molecule has 2 rings (SSSR count). The van der Waals surface area contributed by atoms with Crippen LogP contribution in [0.25, 0.3) is 0 Å². The molecule has 0 aliphatic carbocycles. The zero-order valence-electron chi connectivity index (χ0n) is 7.34. The highest BCUT2D eigenvalue weighted by atomic mass is 32.1. The molecule has 0 amide bonds. The first-order chi connectivity index (χ1) is 6.74. The summed E-state index contributed by atoms with van der Waals surface area (Å²) in [5, 5.41) is 2.91. The fourth-order valence-corrected chi connectivity index (χ4v) is 1.76. The van der Waals surface area contributed by atoms with Crippen molar-refractivity contribution < 1.29 is 0 Å². The Bertz CT molecular complexity index is 405. The monoisotopic (exact) mass is 207 g/mol. The van der Waals surface area contributed by atoms with E-state index < -0.39 is 0 Å². The summed E-state index contributed by atoms with van der Waals surface area (Å²) in [6.45, 7) is 0. The van der Waals surface area contributed by atoms with Crippen LogP contribution in [-0.2, 0) is 6.42 Å². The maximum absolute atomic E-state index is 5.54. The molecule has 0 fully saturated rings. The largest absolute Gasteiger partial charge is 0.384 e. The molecular formula is C8H9N5S. The van der Waals surface area contributed by atoms with E-state index in [9.17, 15) is 0 Å². The van der Waals surface area contributed by atoms with Gasteiger partial charge in [-0.3, -0.25) is 0 Å². The summed E-state index contributed by atoms with van der Waals surface area (Å²) >= 11 is 1.58. The Morgan fingerprint density at radius 3 is 2.79 bits per heavy atom. The van der Waals surface area contributed by atoms with Gasteiger partial charge in [0.1, 0.15) is 5.82 Å². The molecule has 14 heavy (non-hydrogen) atoms. The van der Waals surface area contributed by atoms with Crippen LogP contribution in [0.3, 0.4) is 0 Å². The van der Waals surface area contributed by atoms with Gasteiger partial charge in [-0.15, -0.1) is 11.3 Å². The maximum Gasteiger partial charge on any atom is 0.222 e. The number of hydrogen-bond donors (Lipinski definition) is 2. The van der Waals surface area contributed by atoms with Crippen LogP contribution in [-0.4, -0.2) is 15.0 Å². The second-order valence-electron chi connectivity index (χ2n) is 2.74. The van der Waals surface area contributed by atoms with E-state index in [0.717, 1.165) is 10.7 Å². The minimum atomic E-state index is 0.205. The summed E-state index contributed by atoms with van der Waals surface area (Å²) in [5.41, 5.74) is 11.8. The summed E-state index contributed by atoms with van der Waals surface area (Å²) in [6, 6.07) is 1.71. The first-order valence-corrected chi connectivity index (χ1v) is 4.89. The fraction of sp³-hybridized carbons (Fsp3) is 0.125. The Morgan fingerprint density at radius 1 is 1.29 bits per heavy atom. The van der Waals surface area contributed by atoms with Gasteiger partial charge < -0.3 is 11.5 Å². The summed E-state index contributed by atoms with van der Waals surface area (Å²) in [6.07, 6.45) is 2.41. The SMILES string of the molecule is Nc1cc(Cc2nccs2)nc(N)n1. The molecule has 0 bridgehead atoms. The van der Waals surface area contributed by atoms with Crippen molar-refractivity contribution in [1.29, 1.82) is 0 Å². The van der Waals surface area contributed by atoms with Crippen LogP contribution in [0.4, 0.5) is 11.8 Å². The van der Waals surface area contributed by atoms with Crippen molar-refractivity contribution in [2.24, 2.45) is 0 Å². The highest BCUT2D eigenvalue weighted by Crippen LogP contribution is 2.12. The minimum Gasteiger partial charge on any atom is -0.384 e. The van der Waals surface area contributed by atoms with Crippen molar-refractivity contribution in [3.05, 3.63) is 28.3 Å². The average Bonchev–Trinajstić information content (AvgIpc) is 2.54. The summed E-state index contributed by atoms with van der Waals surface area (Å²) in [4.78, 5) is 12.0. The quantitative estimate of drug-likeness (QED) is 0.756. The topological polar surface area (TPSA) is 90.7 Å². The Labute approximate surface area is 84.8 Å². The Balaban J connectivity index is 2.25. The zero-order chi connectivity index (χ0) is 9.97. The lowest BCUT2D eigenvalue weighted by atomic mass is 10.3. The van der Waals surface area contributed by atoms with Gasteiger partial charge in [0.2, 0.25) is 5.95 Å². The van der Waals surface area contributed by atoms with Crippen molar-refractivity contribution in [3.8, 4) is 0 Å². The first kappa shape index (κ1) is 8.89. The van der Waals surface area contributed by atoms with Gasteiger partial charge in [-0.05, 0) is 0 Å². The summed E-state index contributed by atoms with van der Waals surface area (Å²) < 4.78 is 0.